The topological polar surface area (TPSA) is 90.9 Å². The molecule has 2 aromatic rings. The van der Waals surface area contributed by atoms with E-state index in [2.05, 4.69) is 20.5 Å². The van der Waals surface area contributed by atoms with Gasteiger partial charge in [-0.15, -0.1) is 5.10 Å². The lowest BCUT2D eigenvalue weighted by molar-refractivity contribution is 0.101. The number of aromatic nitrogens is 3. The molecule has 106 valence electrons. The third-order valence-corrected chi connectivity index (χ3v) is 2.88. The number of carbonyl (C=O) groups is 1. The Kier molecular flexibility index (Phi) is 4.84. The van der Waals surface area contributed by atoms with Gasteiger partial charge in [0.15, 0.2) is 0 Å². The van der Waals surface area contributed by atoms with Crippen molar-refractivity contribution in [2.75, 3.05) is 11.9 Å². The Morgan fingerprint density at radius 2 is 2.30 bits per heavy atom. The van der Waals surface area contributed by atoms with E-state index in [1.807, 2.05) is 31.2 Å². The summed E-state index contributed by atoms with van der Waals surface area (Å²) in [7, 11) is 0. The Hall–Kier alpha value is -2.21. The van der Waals surface area contributed by atoms with Crippen LogP contribution >= 0.6 is 0 Å². The minimum absolute atomic E-state index is 0.141. The van der Waals surface area contributed by atoms with Crippen molar-refractivity contribution in [3.63, 3.8) is 0 Å². The summed E-state index contributed by atoms with van der Waals surface area (Å²) in [5.41, 5.74) is 1.77. The Morgan fingerprint density at radius 1 is 1.45 bits per heavy atom. The molecule has 0 atom stereocenters. The highest BCUT2D eigenvalue weighted by Gasteiger charge is 2.12. The molecule has 0 aliphatic rings. The largest absolute Gasteiger partial charge is 0.396 e. The number of aryl methyl sites for hydroxylation is 2. The molecule has 0 bridgehead atoms. The Balaban J connectivity index is 2.03. The number of anilines is 1. The number of hydrogen-bond acceptors (Lipinski definition) is 4. The molecule has 6 heteroatoms. The van der Waals surface area contributed by atoms with Crippen LogP contribution in [0.3, 0.4) is 0 Å². The van der Waals surface area contributed by atoms with Crippen LogP contribution < -0.4 is 5.32 Å². The predicted octanol–water partition coefficient (Wildman–Crippen LogP) is 1.54. The zero-order valence-electron chi connectivity index (χ0n) is 11.4. The molecule has 1 aromatic heterocycles. The highest BCUT2D eigenvalue weighted by molar-refractivity contribution is 6.01. The van der Waals surface area contributed by atoms with E-state index in [0.29, 0.717) is 24.4 Å². The Bertz CT molecular complexity index is 580. The van der Waals surface area contributed by atoms with Gasteiger partial charge in [0.1, 0.15) is 5.82 Å². The second-order valence-corrected chi connectivity index (χ2v) is 4.44. The lowest BCUT2D eigenvalue weighted by Crippen LogP contribution is -2.14. The molecule has 2 rings (SSSR count). The van der Waals surface area contributed by atoms with Gasteiger partial charge < -0.3 is 10.4 Å². The maximum absolute atomic E-state index is 12.0. The fourth-order valence-corrected chi connectivity index (χ4v) is 1.83. The van der Waals surface area contributed by atoms with E-state index < -0.39 is 0 Å². The number of nitrogens with zero attached hydrogens (tertiary/aromatic N) is 2. The van der Waals surface area contributed by atoms with E-state index >= 15 is 0 Å². The van der Waals surface area contributed by atoms with Gasteiger partial charge in [-0.2, -0.15) is 0 Å². The molecular weight excluding hydrogens is 256 g/mol. The van der Waals surface area contributed by atoms with E-state index in [9.17, 15) is 4.79 Å². The zero-order valence-corrected chi connectivity index (χ0v) is 11.4. The molecule has 0 spiro atoms. The molecule has 20 heavy (non-hydrogen) atoms. The number of amides is 1. The van der Waals surface area contributed by atoms with Gasteiger partial charge in [-0.1, -0.05) is 19.1 Å². The van der Waals surface area contributed by atoms with Gasteiger partial charge in [0.2, 0.25) is 5.82 Å². The molecular formula is C14H18N4O2. The third kappa shape index (κ3) is 3.64. The average molecular weight is 274 g/mol. The molecule has 3 N–H and O–H groups in total. The molecule has 1 aromatic carbocycles. The zero-order chi connectivity index (χ0) is 14.4. The van der Waals surface area contributed by atoms with Crippen LogP contribution in [0.1, 0.15) is 35.4 Å². The van der Waals surface area contributed by atoms with Gasteiger partial charge >= 0.3 is 0 Å². The number of aromatic amines is 1. The van der Waals surface area contributed by atoms with Gasteiger partial charge in [-0.3, -0.25) is 9.89 Å². The normalized spacial score (nSPS) is 10.5. The molecule has 6 nitrogen and oxygen atoms in total. The van der Waals surface area contributed by atoms with Crippen LogP contribution in [0.4, 0.5) is 5.69 Å². The third-order valence-electron chi connectivity index (χ3n) is 2.88. The number of hydrogen-bond donors (Lipinski definition) is 3. The second kappa shape index (κ2) is 6.81. The first-order chi connectivity index (χ1) is 9.72. The number of carbonyl (C=O) groups excluding carboxylic acids is 1. The number of H-pyrrole nitrogens is 1. The Morgan fingerprint density at radius 3 is 3.00 bits per heavy atom. The van der Waals surface area contributed by atoms with Gasteiger partial charge in [-0.25, -0.2) is 4.98 Å². The van der Waals surface area contributed by atoms with Crippen molar-refractivity contribution in [3.8, 4) is 0 Å². The first kappa shape index (κ1) is 14.2. The van der Waals surface area contributed by atoms with Crippen LogP contribution in [0.25, 0.3) is 0 Å². The second-order valence-electron chi connectivity index (χ2n) is 4.44. The van der Waals surface area contributed by atoms with Crippen LogP contribution in [0.15, 0.2) is 24.3 Å². The van der Waals surface area contributed by atoms with Crippen molar-refractivity contribution in [2.24, 2.45) is 0 Å². The number of aliphatic hydroxyl groups excluding tert-OH is 1. The quantitative estimate of drug-likeness (QED) is 0.745. The molecule has 0 radical (unpaired) electrons. The summed E-state index contributed by atoms with van der Waals surface area (Å²) in [6, 6.07) is 7.54. The maximum Gasteiger partial charge on any atom is 0.295 e. The summed E-state index contributed by atoms with van der Waals surface area (Å²) in [4.78, 5) is 16.1. The van der Waals surface area contributed by atoms with Crippen molar-refractivity contribution in [1.82, 2.24) is 15.2 Å². The molecule has 0 aliphatic heterocycles. The smallest absolute Gasteiger partial charge is 0.295 e. The predicted molar refractivity (Wildman–Crippen MR) is 75.6 cm³/mol. The minimum atomic E-state index is -0.333. The molecule has 1 amide bonds. The number of aliphatic hydroxyl groups is 1. The van der Waals surface area contributed by atoms with Crippen molar-refractivity contribution < 1.29 is 9.90 Å². The van der Waals surface area contributed by atoms with Gasteiger partial charge in [-0.05, 0) is 30.5 Å². The molecule has 0 fully saturated rings. The fourth-order valence-electron chi connectivity index (χ4n) is 1.83. The summed E-state index contributed by atoms with van der Waals surface area (Å²) in [5, 5.41) is 18.2. The number of benzene rings is 1. The fraction of sp³-hybridized carbons (Fsp3) is 0.357. The molecule has 1 heterocycles. The Labute approximate surface area is 117 Å². The molecule has 0 aliphatic carbocycles. The maximum atomic E-state index is 12.0. The highest BCUT2D eigenvalue weighted by atomic mass is 16.2. The van der Waals surface area contributed by atoms with Crippen LogP contribution in [-0.2, 0) is 12.8 Å². The molecule has 0 saturated heterocycles. The van der Waals surface area contributed by atoms with Crippen LogP contribution in [0.5, 0.6) is 0 Å². The van der Waals surface area contributed by atoms with E-state index in [-0.39, 0.29) is 18.3 Å². The number of rotatable bonds is 6. The standard InChI is InChI=1S/C14H18N4O2/c1-2-12-16-13(18-17-12)14(20)15-11-7-3-5-10(9-11)6-4-8-19/h3,5,7,9,19H,2,4,6,8H2,1H3,(H,15,20)(H,16,17,18). The lowest BCUT2D eigenvalue weighted by Gasteiger charge is -2.05. The summed E-state index contributed by atoms with van der Waals surface area (Å²) >= 11 is 0. The van der Waals surface area contributed by atoms with E-state index in [1.54, 1.807) is 0 Å². The number of nitrogens with one attached hydrogen (secondary N) is 2. The van der Waals surface area contributed by atoms with Gasteiger partial charge in [0.05, 0.1) is 0 Å². The summed E-state index contributed by atoms with van der Waals surface area (Å²) < 4.78 is 0. The monoisotopic (exact) mass is 274 g/mol. The van der Waals surface area contributed by atoms with Crippen molar-refractivity contribution >= 4 is 11.6 Å². The summed E-state index contributed by atoms with van der Waals surface area (Å²) in [5.74, 6) is 0.495. The summed E-state index contributed by atoms with van der Waals surface area (Å²) in [6.07, 6.45) is 2.19. The van der Waals surface area contributed by atoms with E-state index in [4.69, 9.17) is 5.11 Å². The van der Waals surface area contributed by atoms with Gasteiger partial charge in [0.25, 0.3) is 5.91 Å². The van der Waals surface area contributed by atoms with E-state index in [1.165, 1.54) is 0 Å². The molecule has 0 unspecified atom stereocenters. The van der Waals surface area contributed by atoms with Gasteiger partial charge in [0, 0.05) is 18.7 Å². The average Bonchev–Trinajstić information content (AvgIpc) is 2.94. The SMILES string of the molecule is CCc1nc(C(=O)Nc2cccc(CCCO)c2)n[nH]1. The van der Waals surface area contributed by atoms with Crippen LogP contribution in [0, 0.1) is 0 Å². The highest BCUT2D eigenvalue weighted by Crippen LogP contribution is 2.13. The van der Waals surface area contributed by atoms with E-state index in [0.717, 1.165) is 12.0 Å². The minimum Gasteiger partial charge on any atom is -0.396 e. The lowest BCUT2D eigenvalue weighted by atomic mass is 10.1. The van der Waals surface area contributed by atoms with Crippen molar-refractivity contribution in [2.45, 2.75) is 26.2 Å². The first-order valence-corrected chi connectivity index (χ1v) is 6.65. The van der Waals surface area contributed by atoms with Crippen molar-refractivity contribution in [1.29, 1.82) is 0 Å². The molecule has 0 saturated carbocycles. The van der Waals surface area contributed by atoms with Crippen LogP contribution in [-0.4, -0.2) is 32.8 Å². The van der Waals surface area contributed by atoms with Crippen LogP contribution in [0.2, 0.25) is 0 Å². The summed E-state index contributed by atoms with van der Waals surface area (Å²) in [6.45, 7) is 2.10. The van der Waals surface area contributed by atoms with Crippen molar-refractivity contribution in [3.05, 3.63) is 41.5 Å². The first-order valence-electron chi connectivity index (χ1n) is 6.65.